The molecule has 9 nitrogen and oxygen atoms in total. The number of fused-ring (bicyclic) bond motifs is 7. The maximum atomic E-state index is 14.4. The molecule has 3 aromatic heterocycles. The largest absolute Gasteiger partial charge is 0.469 e. The molecule has 3 atom stereocenters. The molecule has 4 N–H and O–H groups in total. The zero-order chi connectivity index (χ0) is 33.2. The molecule has 1 fully saturated rings. The Hall–Kier alpha value is -4.53. The minimum atomic E-state index is -1.57. The molecule has 0 aromatic carbocycles. The molecule has 3 unspecified atom stereocenters. The number of carbonyl (C=O) groups excluding carboxylic acids is 3. The Morgan fingerprint density at radius 1 is 0.848 bits per heavy atom. The highest BCUT2D eigenvalue weighted by Gasteiger charge is 2.57. The third-order valence-corrected chi connectivity index (χ3v) is 10.7. The fourth-order valence-electron chi connectivity index (χ4n) is 7.91. The molecular formula is C37H44N4O5. The Kier molecular flexibility index (Phi) is 7.77. The molecule has 0 amide bonds. The average Bonchev–Trinajstić information content (AvgIpc) is 3.76. The Morgan fingerprint density at radius 3 is 2.17 bits per heavy atom. The number of Topliss-reactive ketones (excluding diaryl/α,β-unsaturated/α-hetero) is 1. The number of H-pyrrole nitrogens is 3. The van der Waals surface area contributed by atoms with E-state index >= 15 is 0 Å². The summed E-state index contributed by atoms with van der Waals surface area (Å²) in [4.78, 5) is 51.4. The van der Waals surface area contributed by atoms with Crippen molar-refractivity contribution in [1.82, 2.24) is 20.3 Å². The van der Waals surface area contributed by atoms with Crippen LogP contribution in [0.5, 0.6) is 0 Å². The van der Waals surface area contributed by atoms with Crippen LogP contribution in [0.25, 0.3) is 23.8 Å². The minimum absolute atomic E-state index is 0.0499. The monoisotopic (exact) mass is 624 g/mol. The lowest BCUT2D eigenvalue weighted by molar-refractivity contribution is -0.146. The molecule has 1 saturated heterocycles. The first-order valence-electron chi connectivity index (χ1n) is 16.2. The summed E-state index contributed by atoms with van der Waals surface area (Å²) >= 11 is 0. The molecule has 8 bridgehead atoms. The summed E-state index contributed by atoms with van der Waals surface area (Å²) in [6.07, 6.45) is 8.79. The number of rotatable bonds is 6. The summed E-state index contributed by atoms with van der Waals surface area (Å²) in [5, 5.41) is 5.69. The van der Waals surface area contributed by atoms with E-state index in [1.54, 1.807) is 6.92 Å². The van der Waals surface area contributed by atoms with Gasteiger partial charge in [-0.25, -0.2) is 0 Å². The Labute approximate surface area is 269 Å². The van der Waals surface area contributed by atoms with Gasteiger partial charge in [0, 0.05) is 68.6 Å². The zero-order valence-corrected chi connectivity index (χ0v) is 28.3. The number of methoxy groups -OCH3 is 2. The number of esters is 2. The van der Waals surface area contributed by atoms with Crippen LogP contribution in [0.4, 0.5) is 0 Å². The second-order valence-corrected chi connectivity index (χ2v) is 13.0. The number of hydrogen-bond acceptors (Lipinski definition) is 6. The number of aromatic amines is 3. The third-order valence-electron chi connectivity index (χ3n) is 10.7. The van der Waals surface area contributed by atoms with Gasteiger partial charge in [0.15, 0.2) is 11.2 Å². The van der Waals surface area contributed by atoms with Crippen LogP contribution in [0.3, 0.4) is 0 Å². The lowest BCUT2D eigenvalue weighted by Crippen LogP contribution is -2.36. The van der Waals surface area contributed by atoms with Gasteiger partial charge < -0.3 is 29.7 Å². The van der Waals surface area contributed by atoms with E-state index in [0.717, 1.165) is 57.6 Å². The first kappa shape index (κ1) is 31.5. The van der Waals surface area contributed by atoms with Gasteiger partial charge in [-0.15, -0.1) is 0 Å². The van der Waals surface area contributed by atoms with Crippen molar-refractivity contribution >= 4 is 41.5 Å². The molecule has 9 heteroatoms. The predicted molar refractivity (Wildman–Crippen MR) is 178 cm³/mol. The van der Waals surface area contributed by atoms with Crippen LogP contribution in [-0.2, 0) is 31.9 Å². The summed E-state index contributed by atoms with van der Waals surface area (Å²) < 4.78 is 10.3. The molecule has 3 aliphatic rings. The minimum Gasteiger partial charge on any atom is -0.469 e. The molecular weight excluding hydrogens is 580 g/mol. The maximum Gasteiger partial charge on any atom is 0.324 e. The smallest absolute Gasteiger partial charge is 0.324 e. The van der Waals surface area contributed by atoms with Crippen LogP contribution in [0, 0.1) is 38.0 Å². The van der Waals surface area contributed by atoms with E-state index < -0.39 is 11.4 Å². The van der Waals surface area contributed by atoms with Crippen molar-refractivity contribution in [2.75, 3.05) is 14.2 Å². The fraction of sp³-hybridized carbons (Fsp3) is 0.432. The Bertz CT molecular complexity index is 2000. The summed E-state index contributed by atoms with van der Waals surface area (Å²) in [5.74, 6) is -1.46. The van der Waals surface area contributed by atoms with E-state index in [2.05, 4.69) is 73.1 Å². The number of carbonyl (C=O) groups is 3. The first-order chi connectivity index (χ1) is 21.9. The Morgan fingerprint density at radius 2 is 1.52 bits per heavy atom. The second-order valence-electron chi connectivity index (χ2n) is 13.0. The van der Waals surface area contributed by atoms with E-state index in [1.807, 2.05) is 6.92 Å². The molecule has 0 saturated carbocycles. The van der Waals surface area contributed by atoms with Gasteiger partial charge in [-0.3, -0.25) is 14.4 Å². The van der Waals surface area contributed by atoms with Crippen LogP contribution in [0.1, 0.15) is 101 Å². The topological polar surface area (TPSA) is 129 Å². The number of hydrogen-bond donors (Lipinski definition) is 4. The highest BCUT2D eigenvalue weighted by atomic mass is 16.5. The van der Waals surface area contributed by atoms with Gasteiger partial charge in [-0.2, -0.15) is 0 Å². The van der Waals surface area contributed by atoms with Crippen molar-refractivity contribution in [3.05, 3.63) is 78.2 Å². The summed E-state index contributed by atoms with van der Waals surface area (Å²) in [6.45, 7) is 14.3. The van der Waals surface area contributed by atoms with Crippen LogP contribution >= 0.6 is 0 Å². The highest BCUT2D eigenvalue weighted by Crippen LogP contribution is 2.53. The average molecular weight is 625 g/mol. The van der Waals surface area contributed by atoms with Gasteiger partial charge >= 0.3 is 11.9 Å². The molecule has 0 spiro atoms. The zero-order valence-electron chi connectivity index (χ0n) is 28.3. The number of aromatic nitrogens is 3. The van der Waals surface area contributed by atoms with Crippen LogP contribution in [-0.4, -0.2) is 46.9 Å². The van der Waals surface area contributed by atoms with E-state index in [9.17, 15) is 14.4 Å². The molecule has 5 heterocycles. The van der Waals surface area contributed by atoms with Gasteiger partial charge in [-0.1, -0.05) is 20.8 Å². The summed E-state index contributed by atoms with van der Waals surface area (Å²) in [6, 6.07) is 0. The van der Waals surface area contributed by atoms with Crippen molar-refractivity contribution in [1.29, 1.82) is 0 Å². The van der Waals surface area contributed by atoms with E-state index in [1.165, 1.54) is 36.5 Å². The second kappa shape index (κ2) is 11.4. The molecule has 0 radical (unpaired) electrons. The van der Waals surface area contributed by atoms with E-state index in [0.29, 0.717) is 23.3 Å². The molecule has 6 rings (SSSR count). The molecule has 2 aliphatic heterocycles. The van der Waals surface area contributed by atoms with Crippen LogP contribution in [0.15, 0.2) is 11.4 Å². The van der Waals surface area contributed by atoms with Gasteiger partial charge in [0.2, 0.25) is 0 Å². The van der Waals surface area contributed by atoms with Crippen molar-refractivity contribution < 1.29 is 23.9 Å². The first-order valence-corrected chi connectivity index (χ1v) is 16.2. The number of ether oxygens (including phenoxy) is 2. The molecule has 242 valence electrons. The van der Waals surface area contributed by atoms with Crippen molar-refractivity contribution in [2.45, 2.75) is 74.1 Å². The Balaban J connectivity index is 1.74. The SMILES string of the molecule is CCc1c2[nH]c(c1C)C=C1NC(=C3c4[nH]c(c(C)c4C(=O)C3(C)C(=O)OC)C=c3[nH]c(c(C)c3CC)=C2)C(CCC(=O)OC)C1C. The lowest BCUT2D eigenvalue weighted by Gasteiger charge is -2.26. The summed E-state index contributed by atoms with van der Waals surface area (Å²) in [7, 11) is 2.70. The van der Waals surface area contributed by atoms with Gasteiger partial charge in [-0.05, 0) is 93.0 Å². The predicted octanol–water partition coefficient (Wildman–Crippen LogP) is 4.63. The van der Waals surface area contributed by atoms with E-state index in [4.69, 9.17) is 9.47 Å². The van der Waals surface area contributed by atoms with Crippen LogP contribution in [0.2, 0.25) is 0 Å². The van der Waals surface area contributed by atoms with Gasteiger partial charge in [0.25, 0.3) is 0 Å². The normalized spacial score (nSPS) is 21.5. The van der Waals surface area contributed by atoms with Crippen molar-refractivity contribution in [3.8, 4) is 0 Å². The third kappa shape index (κ3) is 4.46. The number of nitrogens with one attached hydrogen (secondary N) is 4. The van der Waals surface area contributed by atoms with Crippen molar-refractivity contribution in [3.63, 3.8) is 0 Å². The number of ketones is 1. The van der Waals surface area contributed by atoms with Gasteiger partial charge in [0.1, 0.15) is 0 Å². The maximum absolute atomic E-state index is 14.4. The van der Waals surface area contributed by atoms with Crippen LogP contribution < -0.4 is 16.0 Å². The van der Waals surface area contributed by atoms with Gasteiger partial charge in [0.05, 0.1) is 19.9 Å². The molecule has 3 aromatic rings. The highest BCUT2D eigenvalue weighted by molar-refractivity contribution is 6.28. The molecule has 46 heavy (non-hydrogen) atoms. The van der Waals surface area contributed by atoms with Crippen molar-refractivity contribution in [2.24, 2.45) is 17.3 Å². The lowest BCUT2D eigenvalue weighted by atomic mass is 9.77. The quantitative estimate of drug-likeness (QED) is 0.234. The molecule has 1 aliphatic carbocycles. The standard InChI is InChI=1S/C37H44N4O5/c1-10-21-17(3)24-14-26-19(5)23(12-13-30(42)45-8)33(40-26)32-34-31(35(43)37(32,7)36(44)46-9)20(6)27(41-34)16-29-22(11-2)18(4)25(39-29)15-28(21)38-24/h14-16,19,23,38-41H,10-13H2,1-9H3. The summed E-state index contributed by atoms with van der Waals surface area (Å²) in [5.41, 5.74) is 10.2. The van der Waals surface area contributed by atoms with E-state index in [-0.39, 0.29) is 30.0 Å². The number of allylic oxidation sites excluding steroid dienone is 2. The fourth-order valence-corrected chi connectivity index (χ4v) is 7.91.